The fourth-order valence-electron chi connectivity index (χ4n) is 4.15. The number of hydrogen-bond donors (Lipinski definition) is 2. The van der Waals surface area contributed by atoms with Crippen molar-refractivity contribution in [3.8, 4) is 5.75 Å². The van der Waals surface area contributed by atoms with Gasteiger partial charge in [-0.05, 0) is 64.3 Å². The number of amides is 1. The molecule has 0 radical (unpaired) electrons. The molecule has 1 aromatic rings. The summed E-state index contributed by atoms with van der Waals surface area (Å²) in [5.41, 5.74) is -0.0299. The second kappa shape index (κ2) is 11.8. The van der Waals surface area contributed by atoms with Crippen molar-refractivity contribution in [1.82, 2.24) is 5.32 Å². The third-order valence-electron chi connectivity index (χ3n) is 5.87. The summed E-state index contributed by atoms with van der Waals surface area (Å²) in [6.07, 6.45) is 0.331. The molecule has 1 fully saturated rings. The summed E-state index contributed by atoms with van der Waals surface area (Å²) in [6, 6.07) is 5.13. The smallest absolute Gasteiger partial charge is 0.460 e. The number of rotatable bonds is 10. The first-order chi connectivity index (χ1) is 15.7. The van der Waals surface area contributed by atoms with E-state index in [1.165, 1.54) is 24.3 Å². The van der Waals surface area contributed by atoms with Gasteiger partial charge in [-0.15, -0.1) is 13.2 Å². The van der Waals surface area contributed by atoms with Gasteiger partial charge in [0.1, 0.15) is 11.4 Å². The molecule has 0 saturated heterocycles. The van der Waals surface area contributed by atoms with Gasteiger partial charge in [-0.2, -0.15) is 0 Å². The average Bonchev–Trinajstić information content (AvgIpc) is 3.22. The van der Waals surface area contributed by atoms with Crippen LogP contribution in [0, 0.1) is 17.8 Å². The van der Waals surface area contributed by atoms with E-state index in [0.717, 1.165) is 25.7 Å². The third-order valence-corrected chi connectivity index (χ3v) is 5.87. The summed E-state index contributed by atoms with van der Waals surface area (Å²) < 4.78 is 46.3. The molecular formula is C25H37F3N2O4. The second-order valence-corrected chi connectivity index (χ2v) is 10.2. The van der Waals surface area contributed by atoms with Gasteiger partial charge < -0.3 is 20.1 Å². The van der Waals surface area contributed by atoms with Crippen molar-refractivity contribution in [2.24, 2.45) is 17.8 Å². The number of esters is 1. The Morgan fingerprint density at radius 3 is 2.18 bits per heavy atom. The van der Waals surface area contributed by atoms with Crippen molar-refractivity contribution in [2.75, 3.05) is 11.9 Å². The molecule has 34 heavy (non-hydrogen) atoms. The molecule has 3 atom stereocenters. The maximum atomic E-state index is 13.2. The van der Waals surface area contributed by atoms with Gasteiger partial charge in [-0.3, -0.25) is 9.59 Å². The van der Waals surface area contributed by atoms with Crippen LogP contribution in [0.4, 0.5) is 18.9 Å². The standard InChI is InChI=1S/C25H37F3N2O4/c1-16(15-29-19-10-12-20(13-11-19)33-25(26,27)28)30-22(31)21(14-18-8-6-7-9-18)17(2)23(32)34-24(3,4)5/h10-13,16-18,21,29H,6-9,14-15H2,1-5H3,(H,30,31)/t16-,17+,21+/m0/s1. The van der Waals surface area contributed by atoms with E-state index in [1.54, 1.807) is 27.7 Å². The fraction of sp³-hybridized carbons (Fsp3) is 0.680. The maximum Gasteiger partial charge on any atom is 0.573 e. The number of ether oxygens (including phenoxy) is 2. The van der Waals surface area contributed by atoms with Crippen molar-refractivity contribution in [3.05, 3.63) is 24.3 Å². The van der Waals surface area contributed by atoms with E-state index in [4.69, 9.17) is 4.74 Å². The first-order valence-corrected chi connectivity index (χ1v) is 11.9. The van der Waals surface area contributed by atoms with Crippen LogP contribution in [0.2, 0.25) is 0 Å². The predicted molar refractivity (Wildman–Crippen MR) is 124 cm³/mol. The summed E-state index contributed by atoms with van der Waals surface area (Å²) in [5, 5.41) is 6.07. The van der Waals surface area contributed by atoms with Gasteiger partial charge in [0.25, 0.3) is 0 Å². The van der Waals surface area contributed by atoms with Crippen LogP contribution in [0.3, 0.4) is 0 Å². The highest BCUT2D eigenvalue weighted by molar-refractivity contribution is 5.85. The molecule has 1 aliphatic rings. The zero-order chi connectivity index (χ0) is 25.5. The largest absolute Gasteiger partial charge is 0.573 e. The number of anilines is 1. The average molecular weight is 487 g/mol. The van der Waals surface area contributed by atoms with Crippen LogP contribution in [0.5, 0.6) is 5.75 Å². The van der Waals surface area contributed by atoms with Gasteiger partial charge in [0, 0.05) is 18.3 Å². The molecule has 192 valence electrons. The number of benzene rings is 1. The zero-order valence-corrected chi connectivity index (χ0v) is 20.6. The molecule has 0 aliphatic heterocycles. The van der Waals surface area contributed by atoms with Crippen LogP contribution in [0.15, 0.2) is 24.3 Å². The van der Waals surface area contributed by atoms with Crippen LogP contribution in [0.1, 0.15) is 66.7 Å². The molecule has 1 saturated carbocycles. The van der Waals surface area contributed by atoms with Crippen molar-refractivity contribution in [3.63, 3.8) is 0 Å². The van der Waals surface area contributed by atoms with E-state index in [0.29, 0.717) is 24.6 Å². The lowest BCUT2D eigenvalue weighted by atomic mass is 9.83. The highest BCUT2D eigenvalue weighted by Crippen LogP contribution is 2.34. The zero-order valence-electron chi connectivity index (χ0n) is 20.6. The van der Waals surface area contributed by atoms with Gasteiger partial charge in [0.2, 0.25) is 5.91 Å². The number of hydrogen-bond acceptors (Lipinski definition) is 5. The lowest BCUT2D eigenvalue weighted by Gasteiger charge is -2.29. The summed E-state index contributed by atoms with van der Waals surface area (Å²) in [7, 11) is 0. The molecule has 0 unspecified atom stereocenters. The first-order valence-electron chi connectivity index (χ1n) is 11.9. The van der Waals surface area contributed by atoms with Crippen LogP contribution in [-0.2, 0) is 14.3 Å². The Labute approximate surface area is 200 Å². The maximum absolute atomic E-state index is 13.2. The van der Waals surface area contributed by atoms with Gasteiger partial charge in [0.05, 0.1) is 11.8 Å². The lowest BCUT2D eigenvalue weighted by molar-refractivity contribution is -0.274. The van der Waals surface area contributed by atoms with Crippen molar-refractivity contribution >= 4 is 17.6 Å². The molecule has 1 aliphatic carbocycles. The van der Waals surface area contributed by atoms with Crippen LogP contribution in [0.25, 0.3) is 0 Å². The minimum atomic E-state index is -4.74. The van der Waals surface area contributed by atoms with Crippen LogP contribution in [-0.4, -0.2) is 36.4 Å². The number of halogens is 3. The highest BCUT2D eigenvalue weighted by atomic mass is 19.4. The highest BCUT2D eigenvalue weighted by Gasteiger charge is 2.36. The topological polar surface area (TPSA) is 76.7 Å². The molecule has 0 aromatic heterocycles. The normalized spacial score (nSPS) is 17.5. The minimum Gasteiger partial charge on any atom is -0.460 e. The monoisotopic (exact) mass is 486 g/mol. The molecular weight excluding hydrogens is 449 g/mol. The number of carbonyl (C=O) groups is 2. The lowest BCUT2D eigenvalue weighted by Crippen LogP contribution is -2.45. The summed E-state index contributed by atoms with van der Waals surface area (Å²) in [6.45, 7) is 9.36. The van der Waals surface area contributed by atoms with Crippen molar-refractivity contribution in [2.45, 2.75) is 84.7 Å². The number of carbonyl (C=O) groups excluding carboxylic acids is 2. The van der Waals surface area contributed by atoms with Crippen LogP contribution >= 0.6 is 0 Å². The molecule has 0 heterocycles. The van der Waals surface area contributed by atoms with E-state index < -0.39 is 23.8 Å². The Morgan fingerprint density at radius 2 is 1.65 bits per heavy atom. The molecule has 2 N–H and O–H groups in total. The van der Waals surface area contributed by atoms with Gasteiger partial charge in [-0.1, -0.05) is 32.6 Å². The number of alkyl halides is 3. The van der Waals surface area contributed by atoms with Gasteiger partial charge in [0.15, 0.2) is 0 Å². The molecule has 0 spiro atoms. The van der Waals surface area contributed by atoms with Crippen molar-refractivity contribution < 1.29 is 32.2 Å². The first kappa shape index (κ1) is 27.8. The van der Waals surface area contributed by atoms with E-state index in [9.17, 15) is 22.8 Å². The Bertz CT molecular complexity index is 800. The van der Waals surface area contributed by atoms with E-state index >= 15 is 0 Å². The molecule has 2 rings (SSSR count). The molecule has 9 heteroatoms. The Morgan fingerprint density at radius 1 is 1.06 bits per heavy atom. The quantitative estimate of drug-likeness (QED) is 0.417. The van der Waals surface area contributed by atoms with E-state index in [1.807, 2.05) is 6.92 Å². The second-order valence-electron chi connectivity index (χ2n) is 10.2. The van der Waals surface area contributed by atoms with Crippen molar-refractivity contribution in [1.29, 1.82) is 0 Å². The fourth-order valence-corrected chi connectivity index (χ4v) is 4.15. The SMILES string of the molecule is C[C@@H](CNc1ccc(OC(F)(F)F)cc1)NC(=O)[C@H](CC1CCCC1)[C@@H](C)C(=O)OC(C)(C)C. The summed E-state index contributed by atoms with van der Waals surface area (Å²) >= 11 is 0. The van der Waals surface area contributed by atoms with E-state index in [2.05, 4.69) is 15.4 Å². The summed E-state index contributed by atoms with van der Waals surface area (Å²) in [4.78, 5) is 25.9. The molecule has 1 aromatic carbocycles. The van der Waals surface area contributed by atoms with Crippen LogP contribution < -0.4 is 15.4 Å². The number of nitrogens with one attached hydrogen (secondary N) is 2. The summed E-state index contributed by atoms with van der Waals surface area (Å²) in [5.74, 6) is -1.50. The Kier molecular flexibility index (Phi) is 9.64. The third kappa shape index (κ3) is 9.81. The van der Waals surface area contributed by atoms with E-state index in [-0.39, 0.29) is 23.7 Å². The molecule has 0 bridgehead atoms. The van der Waals surface area contributed by atoms with Gasteiger partial charge in [-0.25, -0.2) is 0 Å². The van der Waals surface area contributed by atoms with Gasteiger partial charge >= 0.3 is 12.3 Å². The Balaban J connectivity index is 1.95. The molecule has 1 amide bonds. The minimum absolute atomic E-state index is 0.187. The Hall–Kier alpha value is -2.45. The predicted octanol–water partition coefficient (Wildman–Crippen LogP) is 5.68. The molecule has 6 nitrogen and oxygen atoms in total.